The zero-order chi connectivity index (χ0) is 14.7. The molecule has 0 radical (unpaired) electrons. The molecule has 2 aromatic carbocycles. The van der Waals surface area contributed by atoms with E-state index in [0.717, 1.165) is 41.7 Å². The van der Waals surface area contributed by atoms with Gasteiger partial charge in [0.2, 0.25) is 0 Å². The Morgan fingerprint density at radius 3 is 2.52 bits per heavy atom. The summed E-state index contributed by atoms with van der Waals surface area (Å²) < 4.78 is 2.18. The van der Waals surface area contributed by atoms with E-state index in [2.05, 4.69) is 35.8 Å². The second-order valence-electron chi connectivity index (χ2n) is 5.35. The molecule has 1 atom stereocenters. The predicted octanol–water partition coefficient (Wildman–Crippen LogP) is 3.88. The molecule has 3 rings (SSSR count). The van der Waals surface area contributed by atoms with Crippen LogP contribution in [0.2, 0.25) is 0 Å². The molecule has 0 amide bonds. The summed E-state index contributed by atoms with van der Waals surface area (Å²) >= 11 is 0. The Morgan fingerprint density at radius 1 is 1.05 bits per heavy atom. The molecule has 0 spiro atoms. The Bertz CT molecular complexity index is 716. The van der Waals surface area contributed by atoms with Gasteiger partial charge in [-0.25, -0.2) is 4.98 Å². The zero-order valence-corrected chi connectivity index (χ0v) is 12.4. The average Bonchev–Trinajstić information content (AvgIpc) is 2.91. The average molecular weight is 279 g/mol. The third-order valence-electron chi connectivity index (χ3n) is 3.84. The SMILES string of the molecule is CCCCc1nc2ccccc2n1C(N)c1ccccc1. The van der Waals surface area contributed by atoms with Crippen LogP contribution in [0, 0.1) is 0 Å². The zero-order valence-electron chi connectivity index (χ0n) is 12.4. The maximum absolute atomic E-state index is 6.52. The number of rotatable bonds is 5. The summed E-state index contributed by atoms with van der Waals surface area (Å²) in [5, 5.41) is 0. The monoisotopic (exact) mass is 279 g/mol. The topological polar surface area (TPSA) is 43.8 Å². The number of fused-ring (bicyclic) bond motifs is 1. The summed E-state index contributed by atoms with van der Waals surface area (Å²) in [6.07, 6.45) is 3.06. The minimum absolute atomic E-state index is 0.189. The molecule has 1 aromatic heterocycles. The number of para-hydroxylation sites is 2. The minimum Gasteiger partial charge on any atom is -0.308 e. The Balaban J connectivity index is 2.10. The highest BCUT2D eigenvalue weighted by molar-refractivity contribution is 5.76. The maximum atomic E-state index is 6.52. The van der Waals surface area contributed by atoms with Gasteiger partial charge in [-0.15, -0.1) is 0 Å². The number of benzene rings is 2. The largest absolute Gasteiger partial charge is 0.308 e. The van der Waals surface area contributed by atoms with Crippen molar-refractivity contribution in [2.45, 2.75) is 32.4 Å². The fraction of sp³-hybridized carbons (Fsp3) is 0.278. The second-order valence-corrected chi connectivity index (χ2v) is 5.35. The van der Waals surface area contributed by atoms with Gasteiger partial charge in [0.15, 0.2) is 0 Å². The molecule has 0 aliphatic rings. The van der Waals surface area contributed by atoms with Gasteiger partial charge >= 0.3 is 0 Å². The van der Waals surface area contributed by atoms with Crippen molar-refractivity contribution in [2.24, 2.45) is 5.73 Å². The van der Waals surface area contributed by atoms with E-state index in [1.807, 2.05) is 30.3 Å². The van der Waals surface area contributed by atoms with Crippen LogP contribution in [-0.4, -0.2) is 9.55 Å². The maximum Gasteiger partial charge on any atom is 0.111 e. The lowest BCUT2D eigenvalue weighted by Crippen LogP contribution is -2.22. The predicted molar refractivity (Wildman–Crippen MR) is 87.1 cm³/mol. The van der Waals surface area contributed by atoms with Gasteiger partial charge in [-0.3, -0.25) is 0 Å². The van der Waals surface area contributed by atoms with Gasteiger partial charge in [0.1, 0.15) is 12.0 Å². The Morgan fingerprint density at radius 2 is 1.76 bits per heavy atom. The number of imidazole rings is 1. The summed E-state index contributed by atoms with van der Waals surface area (Å²) in [4.78, 5) is 4.78. The van der Waals surface area contributed by atoms with Crippen molar-refractivity contribution >= 4 is 11.0 Å². The van der Waals surface area contributed by atoms with E-state index >= 15 is 0 Å². The van der Waals surface area contributed by atoms with Crippen molar-refractivity contribution in [1.82, 2.24) is 9.55 Å². The van der Waals surface area contributed by atoms with E-state index in [0.29, 0.717) is 0 Å². The number of nitrogens with two attached hydrogens (primary N) is 1. The van der Waals surface area contributed by atoms with E-state index in [-0.39, 0.29) is 6.17 Å². The van der Waals surface area contributed by atoms with Crippen LogP contribution in [0.25, 0.3) is 11.0 Å². The smallest absolute Gasteiger partial charge is 0.111 e. The van der Waals surface area contributed by atoms with Gasteiger partial charge in [-0.05, 0) is 24.1 Å². The molecule has 0 aliphatic carbocycles. The van der Waals surface area contributed by atoms with E-state index < -0.39 is 0 Å². The molecule has 0 aliphatic heterocycles. The number of nitrogens with zero attached hydrogens (tertiary/aromatic N) is 2. The summed E-state index contributed by atoms with van der Waals surface area (Å²) in [6.45, 7) is 2.20. The molecule has 0 fully saturated rings. The fourth-order valence-corrected chi connectivity index (χ4v) is 2.72. The van der Waals surface area contributed by atoms with Crippen molar-refractivity contribution in [2.75, 3.05) is 0 Å². The highest BCUT2D eigenvalue weighted by Gasteiger charge is 2.16. The normalized spacial score (nSPS) is 12.7. The highest BCUT2D eigenvalue weighted by Crippen LogP contribution is 2.24. The number of aryl methyl sites for hydroxylation is 1. The van der Waals surface area contributed by atoms with Gasteiger partial charge < -0.3 is 10.3 Å². The number of hydrogen-bond acceptors (Lipinski definition) is 2. The number of unbranched alkanes of at least 4 members (excludes halogenated alkanes) is 1. The standard InChI is InChI=1S/C18H21N3/c1-2-3-13-17-20-15-11-7-8-12-16(15)21(17)18(19)14-9-5-4-6-10-14/h4-12,18H,2-3,13,19H2,1H3. The fourth-order valence-electron chi connectivity index (χ4n) is 2.72. The van der Waals surface area contributed by atoms with Crippen LogP contribution in [0.3, 0.4) is 0 Å². The van der Waals surface area contributed by atoms with Gasteiger partial charge in [0.25, 0.3) is 0 Å². The molecule has 3 heteroatoms. The molecule has 0 saturated carbocycles. The van der Waals surface area contributed by atoms with E-state index in [1.54, 1.807) is 0 Å². The summed E-state index contributed by atoms with van der Waals surface area (Å²) in [6, 6.07) is 18.4. The molecule has 3 nitrogen and oxygen atoms in total. The first-order chi connectivity index (χ1) is 10.3. The van der Waals surface area contributed by atoms with Gasteiger partial charge in [-0.1, -0.05) is 55.8 Å². The lowest BCUT2D eigenvalue weighted by molar-refractivity contribution is 0.582. The first-order valence-electron chi connectivity index (χ1n) is 7.57. The molecule has 0 saturated heterocycles. The Labute approximate surface area is 125 Å². The second kappa shape index (κ2) is 6.10. The van der Waals surface area contributed by atoms with Crippen LogP contribution in [0.15, 0.2) is 54.6 Å². The van der Waals surface area contributed by atoms with E-state index in [9.17, 15) is 0 Å². The lowest BCUT2D eigenvalue weighted by atomic mass is 10.1. The van der Waals surface area contributed by atoms with Crippen molar-refractivity contribution < 1.29 is 0 Å². The van der Waals surface area contributed by atoms with Crippen LogP contribution in [0.1, 0.15) is 37.3 Å². The molecule has 1 unspecified atom stereocenters. The summed E-state index contributed by atoms with van der Waals surface area (Å²) in [7, 11) is 0. The first kappa shape index (κ1) is 13.8. The van der Waals surface area contributed by atoms with Crippen LogP contribution < -0.4 is 5.73 Å². The summed E-state index contributed by atoms with van der Waals surface area (Å²) in [5.41, 5.74) is 9.77. The molecular weight excluding hydrogens is 258 g/mol. The quantitative estimate of drug-likeness (QED) is 0.770. The Kier molecular flexibility index (Phi) is 4.02. The lowest BCUT2D eigenvalue weighted by Gasteiger charge is -2.18. The molecule has 2 N–H and O–H groups in total. The number of aromatic nitrogens is 2. The van der Waals surface area contributed by atoms with Crippen molar-refractivity contribution in [1.29, 1.82) is 0 Å². The van der Waals surface area contributed by atoms with Crippen LogP contribution >= 0.6 is 0 Å². The van der Waals surface area contributed by atoms with Crippen LogP contribution in [-0.2, 0) is 6.42 Å². The van der Waals surface area contributed by atoms with Gasteiger partial charge in [0.05, 0.1) is 11.0 Å². The first-order valence-corrected chi connectivity index (χ1v) is 7.57. The molecule has 3 aromatic rings. The third kappa shape index (κ3) is 2.69. The van der Waals surface area contributed by atoms with E-state index in [1.165, 1.54) is 0 Å². The minimum atomic E-state index is -0.189. The van der Waals surface area contributed by atoms with Crippen molar-refractivity contribution in [3.63, 3.8) is 0 Å². The number of hydrogen-bond donors (Lipinski definition) is 1. The molecule has 108 valence electrons. The molecule has 21 heavy (non-hydrogen) atoms. The summed E-state index contributed by atoms with van der Waals surface area (Å²) in [5.74, 6) is 1.08. The van der Waals surface area contributed by atoms with E-state index in [4.69, 9.17) is 10.7 Å². The Hall–Kier alpha value is -2.13. The van der Waals surface area contributed by atoms with Crippen LogP contribution in [0.5, 0.6) is 0 Å². The third-order valence-corrected chi connectivity index (χ3v) is 3.84. The molecule has 0 bridgehead atoms. The highest BCUT2D eigenvalue weighted by atomic mass is 15.2. The van der Waals surface area contributed by atoms with Gasteiger partial charge in [-0.2, -0.15) is 0 Å². The molecular formula is C18H21N3. The van der Waals surface area contributed by atoms with Crippen molar-refractivity contribution in [3.8, 4) is 0 Å². The van der Waals surface area contributed by atoms with Crippen LogP contribution in [0.4, 0.5) is 0 Å². The van der Waals surface area contributed by atoms with Crippen molar-refractivity contribution in [3.05, 3.63) is 66.0 Å². The molecule has 1 heterocycles. The van der Waals surface area contributed by atoms with Gasteiger partial charge in [0, 0.05) is 6.42 Å².